The number of hydrogen-bond donors (Lipinski definition) is 1. The number of benzene rings is 3. The maximum absolute atomic E-state index is 13.4. The van der Waals surface area contributed by atoms with E-state index in [-0.39, 0.29) is 30.5 Å². The second-order valence-corrected chi connectivity index (χ2v) is 10.5. The highest BCUT2D eigenvalue weighted by Crippen LogP contribution is 2.45. The molecule has 40 heavy (non-hydrogen) atoms. The number of fused-ring (bicyclic) bond motifs is 1. The molecule has 1 atom stereocenters. The molecule has 2 heterocycles. The summed E-state index contributed by atoms with van der Waals surface area (Å²) in [4.78, 5) is 40.3. The normalized spacial score (nSPS) is 16.5. The van der Waals surface area contributed by atoms with Crippen LogP contribution in [0.15, 0.2) is 95.0 Å². The number of nitriles is 1. The first-order valence-electron chi connectivity index (χ1n) is 12.7. The lowest BCUT2D eigenvalue weighted by molar-refractivity contribution is -0.138. The maximum atomic E-state index is 13.4. The monoisotopic (exact) mass is 569 g/mol. The molecule has 0 spiro atoms. The van der Waals surface area contributed by atoms with Gasteiger partial charge in [-0.1, -0.05) is 72.3 Å². The van der Waals surface area contributed by atoms with Gasteiger partial charge in [0, 0.05) is 17.3 Å². The van der Waals surface area contributed by atoms with E-state index in [4.69, 9.17) is 16.3 Å². The van der Waals surface area contributed by atoms with Crippen molar-refractivity contribution in [2.45, 2.75) is 12.8 Å². The lowest BCUT2D eigenvalue weighted by Crippen LogP contribution is -2.33. The van der Waals surface area contributed by atoms with E-state index in [0.717, 1.165) is 5.56 Å². The third kappa shape index (κ3) is 5.02. The van der Waals surface area contributed by atoms with Gasteiger partial charge in [-0.05, 0) is 36.2 Å². The minimum atomic E-state index is -0.795. The molecule has 0 saturated carbocycles. The van der Waals surface area contributed by atoms with Crippen molar-refractivity contribution in [3.05, 3.63) is 122 Å². The summed E-state index contributed by atoms with van der Waals surface area (Å²) in [6.45, 7) is 2.03. The number of nitrogens with zero attached hydrogens (tertiary/aromatic N) is 2. The molecule has 200 valence electrons. The van der Waals surface area contributed by atoms with Crippen LogP contribution in [0.5, 0.6) is 0 Å². The Morgan fingerprint density at radius 3 is 2.25 bits per heavy atom. The highest BCUT2D eigenvalue weighted by molar-refractivity contribution is 8.03. The number of halogens is 1. The van der Waals surface area contributed by atoms with Crippen molar-refractivity contribution >= 4 is 46.8 Å². The number of carbonyl (C=O) groups is 3. The van der Waals surface area contributed by atoms with E-state index < -0.39 is 11.9 Å². The van der Waals surface area contributed by atoms with Crippen LogP contribution in [0.4, 0.5) is 0 Å². The first-order chi connectivity index (χ1) is 19.5. The van der Waals surface area contributed by atoms with E-state index in [0.29, 0.717) is 43.8 Å². The summed E-state index contributed by atoms with van der Waals surface area (Å²) in [6.07, 6.45) is 0. The average Bonchev–Trinajstić information content (AvgIpc) is 3.22. The maximum Gasteiger partial charge on any atom is 0.337 e. The molecule has 0 fully saturated rings. The van der Waals surface area contributed by atoms with E-state index in [1.807, 2.05) is 30.3 Å². The quantitative estimate of drug-likeness (QED) is 0.272. The summed E-state index contributed by atoms with van der Waals surface area (Å²) in [6, 6.07) is 25.4. The fraction of sp³-hybridized carbons (Fsp3) is 0.161. The molecule has 0 saturated heterocycles. The SMILES string of the molecule is CCOC(=O)C1=C(c2ccccc2)NC(SCCN2C(=O)c3ccccc3C2=O)=C(C#N)C1c1ccccc1Cl. The molecule has 0 aliphatic carbocycles. The van der Waals surface area contributed by atoms with E-state index in [2.05, 4.69) is 11.4 Å². The zero-order chi connectivity index (χ0) is 28.2. The Kier molecular flexibility index (Phi) is 8.06. The summed E-state index contributed by atoms with van der Waals surface area (Å²) in [5, 5.41) is 14.6. The molecule has 3 aromatic rings. The van der Waals surface area contributed by atoms with Gasteiger partial charge in [-0.15, -0.1) is 11.8 Å². The fourth-order valence-electron chi connectivity index (χ4n) is 4.86. The first kappa shape index (κ1) is 27.3. The second-order valence-electron chi connectivity index (χ2n) is 8.97. The number of esters is 1. The Morgan fingerprint density at radius 2 is 1.62 bits per heavy atom. The molecule has 3 aromatic carbocycles. The van der Waals surface area contributed by atoms with Gasteiger partial charge in [0.1, 0.15) is 0 Å². The van der Waals surface area contributed by atoms with Crippen LogP contribution < -0.4 is 5.32 Å². The first-order valence-corrected chi connectivity index (χ1v) is 14.0. The van der Waals surface area contributed by atoms with Crippen LogP contribution in [0.3, 0.4) is 0 Å². The summed E-state index contributed by atoms with van der Waals surface area (Å²) >= 11 is 7.92. The molecule has 9 heteroatoms. The zero-order valence-corrected chi connectivity index (χ0v) is 23.1. The van der Waals surface area contributed by atoms with Gasteiger partial charge in [0.25, 0.3) is 11.8 Å². The van der Waals surface area contributed by atoms with E-state index >= 15 is 0 Å². The third-order valence-corrected chi connectivity index (χ3v) is 8.01. The number of dihydropyridines is 1. The van der Waals surface area contributed by atoms with E-state index in [9.17, 15) is 19.6 Å². The number of amides is 2. The van der Waals surface area contributed by atoms with Gasteiger partial charge in [-0.2, -0.15) is 5.26 Å². The number of imide groups is 1. The van der Waals surface area contributed by atoms with Gasteiger partial charge in [-0.3, -0.25) is 14.5 Å². The number of allylic oxidation sites excluding steroid dienone is 1. The van der Waals surface area contributed by atoms with Crippen molar-refractivity contribution in [1.29, 1.82) is 5.26 Å². The molecule has 0 aromatic heterocycles. The van der Waals surface area contributed by atoms with Crippen LogP contribution in [0, 0.1) is 11.3 Å². The van der Waals surface area contributed by atoms with Gasteiger partial charge in [0.2, 0.25) is 0 Å². The third-order valence-electron chi connectivity index (χ3n) is 6.66. The molecule has 0 bridgehead atoms. The average molecular weight is 570 g/mol. The van der Waals surface area contributed by atoms with Crippen molar-refractivity contribution in [3.63, 3.8) is 0 Å². The number of nitrogens with one attached hydrogen (secondary N) is 1. The predicted octanol–water partition coefficient (Wildman–Crippen LogP) is 5.77. The van der Waals surface area contributed by atoms with Crippen molar-refractivity contribution in [1.82, 2.24) is 10.2 Å². The minimum Gasteiger partial charge on any atom is -0.463 e. The van der Waals surface area contributed by atoms with Crippen molar-refractivity contribution in [3.8, 4) is 6.07 Å². The van der Waals surface area contributed by atoms with Crippen LogP contribution in [0.25, 0.3) is 5.70 Å². The van der Waals surface area contributed by atoms with Crippen LogP contribution in [0.1, 0.15) is 44.7 Å². The van der Waals surface area contributed by atoms with Crippen molar-refractivity contribution in [2.75, 3.05) is 18.9 Å². The summed E-state index contributed by atoms with van der Waals surface area (Å²) < 4.78 is 5.46. The van der Waals surface area contributed by atoms with E-state index in [1.165, 1.54) is 16.7 Å². The van der Waals surface area contributed by atoms with Crippen molar-refractivity contribution in [2.24, 2.45) is 0 Å². The Labute approximate surface area is 241 Å². The molecule has 5 rings (SSSR count). The van der Waals surface area contributed by atoms with Crippen LogP contribution in [0.2, 0.25) is 5.02 Å². The lowest BCUT2D eigenvalue weighted by atomic mass is 9.81. The number of ether oxygens (including phenoxy) is 1. The molecule has 2 amide bonds. The summed E-state index contributed by atoms with van der Waals surface area (Å²) in [7, 11) is 0. The zero-order valence-electron chi connectivity index (χ0n) is 21.5. The van der Waals surface area contributed by atoms with Crippen LogP contribution >= 0.6 is 23.4 Å². The lowest BCUT2D eigenvalue weighted by Gasteiger charge is -2.31. The number of hydrogen-bond acceptors (Lipinski definition) is 7. The minimum absolute atomic E-state index is 0.146. The molecule has 1 unspecified atom stereocenters. The molecule has 2 aliphatic rings. The standard InChI is InChI=1S/C31H24ClN3O4S/c1-2-39-31(38)26-25(22-14-8-9-15-24(22)32)23(18-33)28(34-27(26)19-10-4-3-5-11-19)40-17-16-35-29(36)20-12-6-7-13-21(20)30(35)37/h3-15,25,34H,2,16-17H2,1H3. The van der Waals surface area contributed by atoms with Crippen LogP contribution in [-0.2, 0) is 9.53 Å². The number of carbonyl (C=O) groups excluding carboxylic acids is 3. The largest absolute Gasteiger partial charge is 0.463 e. The molecule has 0 radical (unpaired) electrons. The topological polar surface area (TPSA) is 99.5 Å². The Balaban J connectivity index is 1.53. The highest BCUT2D eigenvalue weighted by Gasteiger charge is 2.39. The smallest absolute Gasteiger partial charge is 0.337 e. The molecule has 2 aliphatic heterocycles. The summed E-state index contributed by atoms with van der Waals surface area (Å²) in [5.74, 6) is -1.70. The Bertz CT molecular complexity index is 1580. The predicted molar refractivity (Wildman–Crippen MR) is 154 cm³/mol. The highest BCUT2D eigenvalue weighted by atomic mass is 35.5. The van der Waals surface area contributed by atoms with Gasteiger partial charge >= 0.3 is 5.97 Å². The molecular weight excluding hydrogens is 546 g/mol. The number of thioether (sulfide) groups is 1. The van der Waals surface area contributed by atoms with Gasteiger partial charge < -0.3 is 10.1 Å². The Hall–Kier alpha value is -4.32. The number of rotatable bonds is 8. The fourth-order valence-corrected chi connectivity index (χ4v) is 6.08. The van der Waals surface area contributed by atoms with Crippen LogP contribution in [-0.4, -0.2) is 41.6 Å². The van der Waals surface area contributed by atoms with E-state index in [1.54, 1.807) is 55.5 Å². The van der Waals surface area contributed by atoms with Gasteiger partial charge in [-0.25, -0.2) is 4.79 Å². The second kappa shape index (κ2) is 11.8. The van der Waals surface area contributed by atoms with Gasteiger partial charge in [0.15, 0.2) is 0 Å². The molecule has 1 N–H and O–H groups in total. The molecule has 7 nitrogen and oxygen atoms in total. The van der Waals surface area contributed by atoms with Crippen molar-refractivity contribution < 1.29 is 19.1 Å². The van der Waals surface area contributed by atoms with Gasteiger partial charge in [0.05, 0.1) is 51.6 Å². The molecular formula is C31H24ClN3O4S. The Morgan fingerprint density at radius 1 is 1.00 bits per heavy atom. The summed E-state index contributed by atoms with van der Waals surface area (Å²) in [5.41, 5.74) is 3.18.